The Labute approximate surface area is 131 Å². The highest BCUT2D eigenvalue weighted by molar-refractivity contribution is 6.32. The average molecular weight is 301 g/mol. The molecule has 0 fully saturated rings. The van der Waals surface area contributed by atoms with E-state index in [4.69, 9.17) is 5.53 Å². The second kappa shape index (κ2) is 4.84. The molecule has 4 rings (SSSR count). The number of hydrogen-bond acceptors (Lipinski definition) is 4. The molecule has 0 bridgehead atoms. The van der Waals surface area contributed by atoms with Gasteiger partial charge >= 0.3 is 0 Å². The van der Waals surface area contributed by atoms with Crippen LogP contribution in [-0.2, 0) is 4.79 Å². The van der Waals surface area contributed by atoms with Crippen LogP contribution in [0.5, 0.6) is 0 Å². The molecule has 0 unspecified atom stereocenters. The van der Waals surface area contributed by atoms with E-state index in [2.05, 4.69) is 10.4 Å². The van der Waals surface area contributed by atoms with Crippen molar-refractivity contribution >= 4 is 23.1 Å². The lowest BCUT2D eigenvalue weighted by molar-refractivity contribution is -0.115. The summed E-state index contributed by atoms with van der Waals surface area (Å²) in [6.07, 6.45) is 0. The summed E-state index contributed by atoms with van der Waals surface area (Å²) in [5, 5.41) is 6.29. The molecule has 5 nitrogen and oxygen atoms in total. The van der Waals surface area contributed by atoms with Crippen molar-refractivity contribution in [1.82, 2.24) is 5.32 Å². The summed E-state index contributed by atoms with van der Waals surface area (Å²) in [6, 6.07) is 16.1. The van der Waals surface area contributed by atoms with Crippen LogP contribution >= 0.6 is 0 Å². The number of fused-ring (bicyclic) bond motifs is 2. The molecule has 0 spiro atoms. The molecule has 23 heavy (non-hydrogen) atoms. The highest BCUT2D eigenvalue weighted by Crippen LogP contribution is 2.41. The second-order valence-corrected chi connectivity index (χ2v) is 5.28. The standard InChI is InChI=1S/C18H11N3O2/c19-21-16-11-8-4-5-9-12(11)17(22)13-14(16)18(23)20-15(13)10-6-2-1-3-7-10/h1-9,19H,(H,20,23). The predicted octanol–water partition coefficient (Wildman–Crippen LogP) is 3.17. The van der Waals surface area contributed by atoms with Crippen molar-refractivity contribution in [2.24, 2.45) is 5.11 Å². The molecule has 1 heterocycles. The topological polar surface area (TPSA) is 82.4 Å². The minimum Gasteiger partial charge on any atom is -0.321 e. The lowest BCUT2D eigenvalue weighted by atomic mass is 9.84. The Morgan fingerprint density at radius 3 is 2.17 bits per heavy atom. The van der Waals surface area contributed by atoms with Gasteiger partial charge in [-0.25, -0.2) is 5.53 Å². The van der Waals surface area contributed by atoms with Crippen molar-refractivity contribution in [2.45, 2.75) is 0 Å². The monoisotopic (exact) mass is 301 g/mol. The highest BCUT2D eigenvalue weighted by Gasteiger charge is 2.40. The van der Waals surface area contributed by atoms with E-state index < -0.39 is 5.91 Å². The van der Waals surface area contributed by atoms with Gasteiger partial charge in [0.25, 0.3) is 5.91 Å². The molecule has 110 valence electrons. The van der Waals surface area contributed by atoms with Crippen molar-refractivity contribution in [2.75, 3.05) is 0 Å². The normalized spacial score (nSPS) is 16.2. The van der Waals surface area contributed by atoms with E-state index in [0.717, 1.165) is 5.56 Å². The molecule has 0 atom stereocenters. The lowest BCUT2D eigenvalue weighted by Gasteiger charge is -2.17. The average Bonchev–Trinajstić information content (AvgIpc) is 2.94. The third kappa shape index (κ3) is 1.80. The Hall–Kier alpha value is -3.34. The summed E-state index contributed by atoms with van der Waals surface area (Å²) in [4.78, 5) is 25.3. The number of nitrogens with zero attached hydrogens (tertiary/aromatic N) is 1. The lowest BCUT2D eigenvalue weighted by Crippen LogP contribution is -2.19. The van der Waals surface area contributed by atoms with E-state index >= 15 is 0 Å². The first-order valence-electron chi connectivity index (χ1n) is 7.09. The van der Waals surface area contributed by atoms with Crippen LogP contribution in [0.25, 0.3) is 11.4 Å². The molecule has 1 amide bonds. The van der Waals surface area contributed by atoms with Gasteiger partial charge in [-0.1, -0.05) is 54.6 Å². The molecular formula is C18H11N3O2. The van der Waals surface area contributed by atoms with Crippen LogP contribution in [0.1, 0.15) is 21.5 Å². The first kappa shape index (κ1) is 13.3. The number of Topliss-reactive ketones (excluding diaryl/α,β-unsaturated/α-hetero) is 1. The van der Waals surface area contributed by atoms with Crippen molar-refractivity contribution in [1.29, 1.82) is 5.53 Å². The Kier molecular flexibility index (Phi) is 2.81. The number of benzene rings is 2. The van der Waals surface area contributed by atoms with Gasteiger partial charge in [0.05, 0.1) is 16.8 Å². The van der Waals surface area contributed by atoms with Gasteiger partial charge in [0.15, 0.2) is 5.78 Å². The second-order valence-electron chi connectivity index (χ2n) is 5.28. The maximum Gasteiger partial charge on any atom is 0.258 e. The maximum absolute atomic E-state index is 12.9. The Balaban J connectivity index is 2.07. The van der Waals surface area contributed by atoms with E-state index in [1.54, 1.807) is 24.3 Å². The van der Waals surface area contributed by atoms with Gasteiger partial charge in [-0.15, -0.1) is 0 Å². The van der Waals surface area contributed by atoms with Gasteiger partial charge in [-0.3, -0.25) is 9.59 Å². The highest BCUT2D eigenvalue weighted by atomic mass is 16.2. The Bertz CT molecular complexity index is 940. The Morgan fingerprint density at radius 1 is 0.826 bits per heavy atom. The van der Waals surface area contributed by atoms with Crippen LogP contribution in [0.15, 0.2) is 70.9 Å². The number of hydrogen-bond donors (Lipinski definition) is 2. The van der Waals surface area contributed by atoms with Gasteiger partial charge in [0.2, 0.25) is 0 Å². The summed E-state index contributed by atoms with van der Waals surface area (Å²) in [5.74, 6) is -0.618. The van der Waals surface area contributed by atoms with Gasteiger partial charge in [0.1, 0.15) is 5.70 Å². The van der Waals surface area contributed by atoms with E-state index in [-0.39, 0.29) is 17.1 Å². The fraction of sp³-hybridized carbons (Fsp3) is 0. The fourth-order valence-electron chi connectivity index (χ4n) is 3.02. The van der Waals surface area contributed by atoms with Crippen LogP contribution in [0.3, 0.4) is 0 Å². The first-order chi connectivity index (χ1) is 11.2. The fourth-order valence-corrected chi connectivity index (χ4v) is 3.02. The zero-order valence-electron chi connectivity index (χ0n) is 12.0. The quantitative estimate of drug-likeness (QED) is 0.835. The Morgan fingerprint density at radius 2 is 1.48 bits per heavy atom. The number of amides is 1. The molecule has 2 aromatic carbocycles. The molecule has 2 N–H and O–H groups in total. The predicted molar refractivity (Wildman–Crippen MR) is 84.3 cm³/mol. The molecule has 0 radical (unpaired) electrons. The van der Waals surface area contributed by atoms with Crippen LogP contribution in [0, 0.1) is 5.53 Å². The van der Waals surface area contributed by atoms with Crippen molar-refractivity contribution in [3.63, 3.8) is 0 Å². The minimum absolute atomic E-state index is 0.183. The molecule has 0 saturated carbocycles. The maximum atomic E-state index is 12.9. The molecule has 5 heteroatoms. The summed E-state index contributed by atoms with van der Waals surface area (Å²) in [6.45, 7) is 0. The number of ketones is 1. The van der Waals surface area contributed by atoms with Crippen molar-refractivity contribution < 1.29 is 9.59 Å². The van der Waals surface area contributed by atoms with Gasteiger partial charge in [0, 0.05) is 11.1 Å². The number of nitrogens with one attached hydrogen (secondary N) is 2. The van der Waals surface area contributed by atoms with E-state index in [1.807, 2.05) is 30.3 Å². The zero-order chi connectivity index (χ0) is 16.0. The van der Waals surface area contributed by atoms with Crippen LogP contribution in [0.2, 0.25) is 0 Å². The zero-order valence-corrected chi connectivity index (χ0v) is 12.0. The van der Waals surface area contributed by atoms with E-state index in [1.165, 1.54) is 0 Å². The molecular weight excluding hydrogens is 290 g/mol. The SMILES string of the molecule is N=NC1=C2C(=O)NC(c3ccccc3)=C2C(=O)c2ccccc21. The molecule has 2 aromatic rings. The van der Waals surface area contributed by atoms with Crippen molar-refractivity contribution in [3.05, 3.63) is 82.4 Å². The smallest absolute Gasteiger partial charge is 0.258 e. The summed E-state index contributed by atoms with van der Waals surface area (Å²) in [5.41, 5.74) is 10.4. The van der Waals surface area contributed by atoms with Crippen LogP contribution in [-0.4, -0.2) is 11.7 Å². The van der Waals surface area contributed by atoms with Crippen LogP contribution < -0.4 is 5.32 Å². The summed E-state index contributed by atoms with van der Waals surface area (Å²) < 4.78 is 0. The number of carbonyl (C=O) groups excluding carboxylic acids is 2. The summed E-state index contributed by atoms with van der Waals surface area (Å²) in [7, 11) is 0. The third-order valence-corrected chi connectivity index (χ3v) is 4.03. The number of rotatable bonds is 2. The third-order valence-electron chi connectivity index (χ3n) is 4.03. The molecule has 2 aliphatic rings. The molecule has 1 aliphatic heterocycles. The molecule has 1 aliphatic carbocycles. The van der Waals surface area contributed by atoms with E-state index in [9.17, 15) is 9.59 Å². The molecule has 0 aromatic heterocycles. The van der Waals surface area contributed by atoms with E-state index in [0.29, 0.717) is 22.4 Å². The van der Waals surface area contributed by atoms with Gasteiger partial charge in [-0.05, 0) is 5.56 Å². The van der Waals surface area contributed by atoms with Crippen molar-refractivity contribution in [3.8, 4) is 0 Å². The number of carbonyl (C=O) groups is 2. The van der Waals surface area contributed by atoms with Crippen LogP contribution in [0.4, 0.5) is 0 Å². The van der Waals surface area contributed by atoms with Gasteiger partial charge < -0.3 is 5.32 Å². The largest absolute Gasteiger partial charge is 0.321 e. The summed E-state index contributed by atoms with van der Waals surface area (Å²) >= 11 is 0. The first-order valence-corrected chi connectivity index (χ1v) is 7.09. The molecule has 0 saturated heterocycles. The minimum atomic E-state index is -0.396. The van der Waals surface area contributed by atoms with Gasteiger partial charge in [-0.2, -0.15) is 5.11 Å².